The van der Waals surface area contributed by atoms with Crippen molar-refractivity contribution in [3.05, 3.63) is 0 Å². The van der Waals surface area contributed by atoms with Crippen LogP contribution in [-0.2, 0) is 4.79 Å². The molecule has 1 rings (SSSR count). The van der Waals surface area contributed by atoms with Gasteiger partial charge in [0.15, 0.2) is 0 Å². The predicted molar refractivity (Wildman–Crippen MR) is 38.3 cm³/mol. The van der Waals surface area contributed by atoms with Crippen molar-refractivity contribution in [2.45, 2.75) is 6.04 Å². The van der Waals surface area contributed by atoms with E-state index >= 15 is 0 Å². The normalized spacial score (nSPS) is 27.7. The SMILES string of the molecule is CNC1CSCNC1=O. The van der Waals surface area contributed by atoms with Gasteiger partial charge in [0.1, 0.15) is 0 Å². The molecule has 1 amide bonds. The van der Waals surface area contributed by atoms with Crippen molar-refractivity contribution in [2.75, 3.05) is 18.7 Å². The molecule has 0 radical (unpaired) electrons. The van der Waals surface area contributed by atoms with Crippen LogP contribution in [-0.4, -0.2) is 30.6 Å². The maximum atomic E-state index is 10.8. The fourth-order valence-corrected chi connectivity index (χ4v) is 1.63. The average Bonchev–Trinajstić information content (AvgIpc) is 1.89. The highest BCUT2D eigenvalue weighted by Gasteiger charge is 2.19. The molecule has 0 spiro atoms. The summed E-state index contributed by atoms with van der Waals surface area (Å²) in [6, 6.07) is 0.0174. The highest BCUT2D eigenvalue weighted by Crippen LogP contribution is 2.05. The van der Waals surface area contributed by atoms with Crippen molar-refractivity contribution in [1.29, 1.82) is 0 Å². The first kappa shape index (κ1) is 6.89. The Morgan fingerprint density at radius 1 is 1.89 bits per heavy atom. The number of thioether (sulfide) groups is 1. The molecule has 1 unspecified atom stereocenters. The van der Waals surface area contributed by atoms with Crippen molar-refractivity contribution in [1.82, 2.24) is 10.6 Å². The minimum absolute atomic E-state index is 0.0174. The monoisotopic (exact) mass is 146 g/mol. The maximum absolute atomic E-state index is 10.8. The molecule has 9 heavy (non-hydrogen) atoms. The van der Waals surface area contributed by atoms with Crippen LogP contribution in [0.15, 0.2) is 0 Å². The molecule has 2 N–H and O–H groups in total. The fraction of sp³-hybridized carbons (Fsp3) is 0.800. The molecule has 52 valence electrons. The third kappa shape index (κ3) is 1.59. The lowest BCUT2D eigenvalue weighted by molar-refractivity contribution is -0.122. The number of hydrogen-bond donors (Lipinski definition) is 2. The van der Waals surface area contributed by atoms with Crippen LogP contribution >= 0.6 is 11.8 Å². The van der Waals surface area contributed by atoms with Crippen molar-refractivity contribution in [2.24, 2.45) is 0 Å². The van der Waals surface area contributed by atoms with Crippen LogP contribution in [0.5, 0.6) is 0 Å². The molecule has 0 aromatic heterocycles. The first-order valence-corrected chi connectivity index (χ1v) is 4.03. The highest BCUT2D eigenvalue weighted by atomic mass is 32.2. The lowest BCUT2D eigenvalue weighted by atomic mass is 10.3. The van der Waals surface area contributed by atoms with Gasteiger partial charge in [0.25, 0.3) is 0 Å². The number of hydrogen-bond acceptors (Lipinski definition) is 3. The van der Waals surface area contributed by atoms with Gasteiger partial charge in [-0.1, -0.05) is 0 Å². The summed E-state index contributed by atoms with van der Waals surface area (Å²) in [5.41, 5.74) is 0. The molecule has 0 aromatic carbocycles. The van der Waals surface area contributed by atoms with Crippen LogP contribution in [0.3, 0.4) is 0 Å². The van der Waals surface area contributed by atoms with Crippen LogP contribution in [0, 0.1) is 0 Å². The van der Waals surface area contributed by atoms with Crippen LogP contribution in [0.4, 0.5) is 0 Å². The Labute approximate surface area is 58.6 Å². The van der Waals surface area contributed by atoms with Crippen molar-refractivity contribution in [3.8, 4) is 0 Å². The van der Waals surface area contributed by atoms with E-state index in [1.165, 1.54) is 0 Å². The number of nitrogens with one attached hydrogen (secondary N) is 2. The minimum Gasteiger partial charge on any atom is -0.346 e. The van der Waals surface area contributed by atoms with Crippen LogP contribution < -0.4 is 10.6 Å². The number of likely N-dealkylation sites (N-methyl/N-ethyl adjacent to an activating group) is 1. The highest BCUT2D eigenvalue weighted by molar-refractivity contribution is 7.99. The average molecular weight is 146 g/mol. The molecule has 3 nitrogen and oxygen atoms in total. The van der Waals surface area contributed by atoms with Crippen LogP contribution in [0.2, 0.25) is 0 Å². The Kier molecular flexibility index (Phi) is 2.36. The van der Waals surface area contributed by atoms with Crippen molar-refractivity contribution < 1.29 is 4.79 Å². The molecule has 1 atom stereocenters. The Morgan fingerprint density at radius 3 is 3.11 bits per heavy atom. The molecule has 0 saturated carbocycles. The molecule has 4 heteroatoms. The molecule has 1 aliphatic rings. The Hall–Kier alpha value is -0.220. The predicted octanol–water partition coefficient (Wildman–Crippen LogP) is -0.605. The summed E-state index contributed by atoms with van der Waals surface area (Å²) in [5.74, 6) is 1.77. The third-order valence-corrected chi connectivity index (χ3v) is 2.22. The molecule has 1 fully saturated rings. The second-order valence-corrected chi connectivity index (χ2v) is 2.93. The van der Waals surface area contributed by atoms with Gasteiger partial charge in [0.2, 0.25) is 5.91 Å². The lowest BCUT2D eigenvalue weighted by Crippen LogP contribution is -2.47. The first-order valence-electron chi connectivity index (χ1n) is 2.87. The molecule has 0 aliphatic carbocycles. The van der Waals surface area contributed by atoms with E-state index in [2.05, 4.69) is 10.6 Å². The van der Waals surface area contributed by atoms with E-state index in [0.29, 0.717) is 0 Å². The third-order valence-electron chi connectivity index (χ3n) is 1.30. The van der Waals surface area contributed by atoms with E-state index in [9.17, 15) is 4.79 Å². The lowest BCUT2D eigenvalue weighted by Gasteiger charge is -2.20. The summed E-state index contributed by atoms with van der Waals surface area (Å²) >= 11 is 1.74. The van der Waals surface area contributed by atoms with E-state index in [0.717, 1.165) is 11.6 Å². The topological polar surface area (TPSA) is 41.1 Å². The first-order chi connectivity index (χ1) is 4.34. The van der Waals surface area contributed by atoms with Gasteiger partial charge in [-0.25, -0.2) is 0 Å². The second-order valence-electron chi connectivity index (χ2n) is 1.90. The van der Waals surface area contributed by atoms with Crippen molar-refractivity contribution in [3.63, 3.8) is 0 Å². The van der Waals surface area contributed by atoms with Crippen LogP contribution in [0.25, 0.3) is 0 Å². The minimum atomic E-state index is 0.0174. The van der Waals surface area contributed by atoms with Gasteiger partial charge in [-0.2, -0.15) is 0 Å². The molecule has 0 aromatic rings. The smallest absolute Gasteiger partial charge is 0.238 e. The van der Waals surface area contributed by atoms with Gasteiger partial charge in [-0.05, 0) is 7.05 Å². The number of carbonyl (C=O) groups is 1. The van der Waals surface area contributed by atoms with Gasteiger partial charge >= 0.3 is 0 Å². The second kappa shape index (κ2) is 3.08. The number of carbonyl (C=O) groups excluding carboxylic acids is 1. The maximum Gasteiger partial charge on any atom is 0.238 e. The fourth-order valence-electron chi connectivity index (χ4n) is 0.712. The molecule has 0 bridgehead atoms. The largest absolute Gasteiger partial charge is 0.346 e. The zero-order valence-corrected chi connectivity index (χ0v) is 6.12. The Morgan fingerprint density at radius 2 is 2.67 bits per heavy atom. The molecule has 1 aliphatic heterocycles. The van der Waals surface area contributed by atoms with Gasteiger partial charge in [-0.15, -0.1) is 11.8 Å². The zero-order chi connectivity index (χ0) is 6.69. The standard InChI is InChI=1S/C5H10N2OS/c1-6-4-2-9-3-7-5(4)8/h4,6H,2-3H2,1H3,(H,7,8). The number of rotatable bonds is 1. The van der Waals surface area contributed by atoms with Gasteiger partial charge in [0, 0.05) is 5.75 Å². The molecular weight excluding hydrogens is 136 g/mol. The summed E-state index contributed by atoms with van der Waals surface area (Å²) in [6.45, 7) is 0. The van der Waals surface area contributed by atoms with Gasteiger partial charge in [-0.3, -0.25) is 4.79 Å². The summed E-state index contributed by atoms with van der Waals surface area (Å²) in [6.07, 6.45) is 0. The van der Waals surface area contributed by atoms with E-state index in [-0.39, 0.29) is 11.9 Å². The molecule has 1 saturated heterocycles. The summed E-state index contributed by atoms with van der Waals surface area (Å²) in [7, 11) is 1.80. The van der Waals surface area contributed by atoms with E-state index in [1.54, 1.807) is 18.8 Å². The van der Waals surface area contributed by atoms with Crippen molar-refractivity contribution >= 4 is 17.7 Å². The molecule has 1 heterocycles. The van der Waals surface area contributed by atoms with E-state index < -0.39 is 0 Å². The summed E-state index contributed by atoms with van der Waals surface area (Å²) < 4.78 is 0. The Bertz CT molecular complexity index is 118. The van der Waals surface area contributed by atoms with Crippen LogP contribution in [0.1, 0.15) is 0 Å². The Balaban J connectivity index is 2.39. The number of amides is 1. The zero-order valence-electron chi connectivity index (χ0n) is 5.31. The van der Waals surface area contributed by atoms with E-state index in [4.69, 9.17) is 0 Å². The quantitative estimate of drug-likeness (QED) is 0.519. The molecular formula is C5H10N2OS. The summed E-state index contributed by atoms with van der Waals surface area (Å²) in [4.78, 5) is 10.8. The van der Waals surface area contributed by atoms with E-state index in [1.807, 2.05) is 0 Å². The van der Waals surface area contributed by atoms with Gasteiger partial charge in [0.05, 0.1) is 11.9 Å². The van der Waals surface area contributed by atoms with Gasteiger partial charge < -0.3 is 10.6 Å². The summed E-state index contributed by atoms with van der Waals surface area (Å²) in [5, 5.41) is 5.67.